The highest BCUT2D eigenvalue weighted by Crippen LogP contribution is 2.26. The van der Waals surface area contributed by atoms with Gasteiger partial charge in [-0.15, -0.1) is 0 Å². The van der Waals surface area contributed by atoms with Gasteiger partial charge in [0.25, 0.3) is 0 Å². The zero-order chi connectivity index (χ0) is 15.9. The van der Waals surface area contributed by atoms with Gasteiger partial charge in [0.2, 0.25) is 0 Å². The van der Waals surface area contributed by atoms with Crippen LogP contribution in [-0.2, 0) is 11.3 Å². The van der Waals surface area contributed by atoms with E-state index in [0.29, 0.717) is 12.5 Å². The van der Waals surface area contributed by atoms with Crippen LogP contribution in [0.4, 0.5) is 0 Å². The molecule has 0 radical (unpaired) electrons. The van der Waals surface area contributed by atoms with Gasteiger partial charge in [-0.05, 0) is 48.6 Å². The number of hydrogen-bond acceptors (Lipinski definition) is 5. The van der Waals surface area contributed by atoms with Crippen molar-refractivity contribution in [3.05, 3.63) is 60.2 Å². The van der Waals surface area contributed by atoms with Gasteiger partial charge in [-0.1, -0.05) is 12.1 Å². The van der Waals surface area contributed by atoms with Crippen molar-refractivity contribution in [1.29, 1.82) is 0 Å². The molecule has 0 saturated carbocycles. The van der Waals surface area contributed by atoms with Crippen molar-refractivity contribution >= 4 is 0 Å². The van der Waals surface area contributed by atoms with Gasteiger partial charge >= 0.3 is 0 Å². The highest BCUT2D eigenvalue weighted by molar-refractivity contribution is 5.12. The van der Waals surface area contributed by atoms with Crippen molar-refractivity contribution < 1.29 is 9.84 Å². The fraction of sp³-hybridized carbons (Fsp3) is 0.444. The van der Waals surface area contributed by atoms with Crippen molar-refractivity contribution in [3.63, 3.8) is 0 Å². The Morgan fingerprint density at radius 2 is 2.00 bits per heavy atom. The maximum atomic E-state index is 10.4. The number of pyridine rings is 2. The van der Waals surface area contributed by atoms with Gasteiger partial charge in [0.15, 0.2) is 0 Å². The first-order chi connectivity index (χ1) is 11.3. The quantitative estimate of drug-likeness (QED) is 0.855. The topological polar surface area (TPSA) is 67.3 Å². The van der Waals surface area contributed by atoms with E-state index in [1.54, 1.807) is 18.6 Å². The highest BCUT2D eigenvalue weighted by Gasteiger charge is 2.24. The minimum Gasteiger partial charge on any atom is -0.388 e. The van der Waals surface area contributed by atoms with Crippen LogP contribution in [0.15, 0.2) is 49.1 Å². The van der Waals surface area contributed by atoms with E-state index in [0.717, 1.165) is 37.1 Å². The van der Waals surface area contributed by atoms with Gasteiger partial charge in [0, 0.05) is 31.3 Å². The number of aliphatic hydroxyl groups excluding tert-OH is 1. The SMILES string of the molecule is O[C@H](C[C@H]1CNC[C@H](OCc2cccnc2)C1)c1cccnc1. The Bertz CT molecular complexity index is 579. The van der Waals surface area contributed by atoms with Crippen molar-refractivity contribution in [1.82, 2.24) is 15.3 Å². The summed E-state index contributed by atoms with van der Waals surface area (Å²) in [6, 6.07) is 7.72. The van der Waals surface area contributed by atoms with E-state index in [2.05, 4.69) is 15.3 Å². The monoisotopic (exact) mass is 313 g/mol. The van der Waals surface area contributed by atoms with Crippen LogP contribution in [0.1, 0.15) is 30.1 Å². The summed E-state index contributed by atoms with van der Waals surface area (Å²) in [4.78, 5) is 8.17. The third-order valence-electron chi connectivity index (χ3n) is 4.24. The van der Waals surface area contributed by atoms with Crippen LogP contribution in [0.3, 0.4) is 0 Å². The molecular weight excluding hydrogens is 290 g/mol. The molecule has 0 aliphatic carbocycles. The highest BCUT2D eigenvalue weighted by atomic mass is 16.5. The van der Waals surface area contributed by atoms with Crippen LogP contribution >= 0.6 is 0 Å². The summed E-state index contributed by atoms with van der Waals surface area (Å²) < 4.78 is 5.99. The standard InChI is InChI=1S/C18H23N3O2/c22-18(16-4-2-6-20-11-16)8-15-7-17(12-21-10-15)23-13-14-3-1-5-19-9-14/h1-6,9,11,15,17-18,21-22H,7-8,10,12-13H2/t15-,17+,18+/m0/s1. The Labute approximate surface area is 136 Å². The van der Waals surface area contributed by atoms with E-state index in [1.165, 1.54) is 0 Å². The molecule has 3 rings (SSSR count). The van der Waals surface area contributed by atoms with Crippen molar-refractivity contribution in [2.24, 2.45) is 5.92 Å². The van der Waals surface area contributed by atoms with E-state index < -0.39 is 6.10 Å². The molecule has 3 atom stereocenters. The molecule has 1 fully saturated rings. The first-order valence-corrected chi connectivity index (χ1v) is 8.10. The van der Waals surface area contributed by atoms with Crippen LogP contribution in [0.2, 0.25) is 0 Å². The normalized spacial score (nSPS) is 22.7. The van der Waals surface area contributed by atoms with Crippen LogP contribution < -0.4 is 5.32 Å². The molecule has 5 nitrogen and oxygen atoms in total. The minimum absolute atomic E-state index is 0.176. The minimum atomic E-state index is -0.465. The van der Waals surface area contributed by atoms with E-state index >= 15 is 0 Å². The molecule has 5 heteroatoms. The summed E-state index contributed by atoms with van der Waals surface area (Å²) in [6.07, 6.45) is 8.46. The number of ether oxygens (including phenoxy) is 1. The number of piperidine rings is 1. The van der Waals surface area contributed by atoms with E-state index in [-0.39, 0.29) is 6.10 Å². The molecule has 2 aromatic rings. The van der Waals surface area contributed by atoms with Gasteiger partial charge in [-0.3, -0.25) is 9.97 Å². The summed E-state index contributed by atoms with van der Waals surface area (Å²) >= 11 is 0. The third kappa shape index (κ3) is 4.82. The summed E-state index contributed by atoms with van der Waals surface area (Å²) in [7, 11) is 0. The molecular formula is C18H23N3O2. The lowest BCUT2D eigenvalue weighted by molar-refractivity contribution is 0.00317. The van der Waals surface area contributed by atoms with Crippen LogP contribution in [-0.4, -0.2) is 34.3 Å². The molecule has 0 unspecified atom stereocenters. The van der Waals surface area contributed by atoms with Gasteiger partial charge in [-0.25, -0.2) is 0 Å². The lowest BCUT2D eigenvalue weighted by Crippen LogP contribution is -2.41. The maximum absolute atomic E-state index is 10.4. The number of hydrogen-bond donors (Lipinski definition) is 2. The number of nitrogens with one attached hydrogen (secondary N) is 1. The van der Waals surface area contributed by atoms with Crippen LogP contribution in [0.5, 0.6) is 0 Å². The summed E-state index contributed by atoms with van der Waals surface area (Å²) in [5.74, 6) is 0.401. The Kier molecular flexibility index (Phi) is 5.69. The molecule has 0 spiro atoms. The Morgan fingerprint density at radius 1 is 1.17 bits per heavy atom. The Balaban J connectivity index is 1.48. The van der Waals surface area contributed by atoms with Crippen molar-refractivity contribution in [2.75, 3.05) is 13.1 Å². The number of aromatic nitrogens is 2. The van der Waals surface area contributed by atoms with Gasteiger partial charge in [-0.2, -0.15) is 0 Å². The van der Waals surface area contributed by atoms with Crippen LogP contribution in [0, 0.1) is 5.92 Å². The molecule has 1 aliphatic rings. The van der Waals surface area contributed by atoms with Gasteiger partial charge < -0.3 is 15.2 Å². The lowest BCUT2D eigenvalue weighted by atomic mass is 9.90. The second-order valence-electron chi connectivity index (χ2n) is 6.09. The molecule has 0 aromatic carbocycles. The zero-order valence-electron chi connectivity index (χ0n) is 13.1. The number of aliphatic hydroxyl groups is 1. The van der Waals surface area contributed by atoms with E-state index in [9.17, 15) is 5.11 Å². The Hall–Kier alpha value is -1.82. The summed E-state index contributed by atoms with van der Waals surface area (Å²) in [6.45, 7) is 2.36. The second kappa shape index (κ2) is 8.15. The molecule has 0 amide bonds. The molecule has 1 aliphatic heterocycles. The maximum Gasteiger partial charge on any atom is 0.0808 e. The zero-order valence-corrected chi connectivity index (χ0v) is 13.1. The van der Waals surface area contributed by atoms with Crippen molar-refractivity contribution in [3.8, 4) is 0 Å². The van der Waals surface area contributed by atoms with Gasteiger partial charge in [0.1, 0.15) is 0 Å². The predicted molar refractivity (Wildman–Crippen MR) is 87.6 cm³/mol. The fourth-order valence-corrected chi connectivity index (χ4v) is 3.02. The summed E-state index contributed by atoms with van der Waals surface area (Å²) in [5, 5.41) is 13.8. The molecule has 3 heterocycles. The molecule has 1 saturated heterocycles. The number of rotatable bonds is 6. The lowest BCUT2D eigenvalue weighted by Gasteiger charge is -2.31. The average molecular weight is 313 g/mol. The third-order valence-corrected chi connectivity index (χ3v) is 4.24. The fourth-order valence-electron chi connectivity index (χ4n) is 3.02. The van der Waals surface area contributed by atoms with Crippen LogP contribution in [0.25, 0.3) is 0 Å². The van der Waals surface area contributed by atoms with Crippen molar-refractivity contribution in [2.45, 2.75) is 31.7 Å². The second-order valence-corrected chi connectivity index (χ2v) is 6.09. The predicted octanol–water partition coefficient (Wildman–Crippen LogP) is 2.09. The first-order valence-electron chi connectivity index (χ1n) is 8.10. The molecule has 2 N–H and O–H groups in total. The number of nitrogens with zero attached hydrogens (tertiary/aromatic N) is 2. The largest absolute Gasteiger partial charge is 0.388 e. The smallest absolute Gasteiger partial charge is 0.0808 e. The summed E-state index contributed by atoms with van der Waals surface area (Å²) in [5.41, 5.74) is 1.97. The van der Waals surface area contributed by atoms with Gasteiger partial charge in [0.05, 0.1) is 18.8 Å². The first kappa shape index (κ1) is 16.1. The molecule has 122 valence electrons. The average Bonchev–Trinajstić information content (AvgIpc) is 2.62. The molecule has 2 aromatic heterocycles. The Morgan fingerprint density at radius 3 is 2.74 bits per heavy atom. The molecule has 0 bridgehead atoms. The van der Waals surface area contributed by atoms with E-state index in [4.69, 9.17) is 4.74 Å². The van der Waals surface area contributed by atoms with E-state index in [1.807, 2.05) is 30.5 Å². The molecule has 23 heavy (non-hydrogen) atoms.